The molecule has 0 fully saturated rings. The molecule has 0 unspecified atom stereocenters. The highest BCUT2D eigenvalue weighted by Gasteiger charge is 2.17. The van der Waals surface area contributed by atoms with Crippen LogP contribution in [0.2, 0.25) is 5.02 Å². The largest absolute Gasteiger partial charge is 0.497 e. The van der Waals surface area contributed by atoms with Crippen molar-refractivity contribution in [2.75, 3.05) is 7.11 Å². The van der Waals surface area contributed by atoms with Crippen LogP contribution >= 0.6 is 22.9 Å². The number of rotatable bonds is 5. The van der Waals surface area contributed by atoms with Crippen LogP contribution in [-0.2, 0) is 0 Å². The lowest BCUT2D eigenvalue weighted by Crippen LogP contribution is -2.16. The smallest absolute Gasteiger partial charge is 0.283 e. The standard InChI is InChI=1S/C24H22ClN3O2S/c1-14-5-7-18(8-6-14)28-15(2)11-17(16(28)3)13-26-27-24(29)23-22(25)20-10-9-19(30-4)12-21(20)31-23/h5-13H,1-4H3,(H,27,29)/b26-13-. The van der Waals surface area contributed by atoms with E-state index in [-0.39, 0.29) is 5.91 Å². The normalized spacial score (nSPS) is 11.4. The average molecular weight is 452 g/mol. The van der Waals surface area contributed by atoms with Gasteiger partial charge >= 0.3 is 0 Å². The molecule has 0 saturated carbocycles. The van der Waals surface area contributed by atoms with Gasteiger partial charge in [0.05, 0.1) is 18.3 Å². The molecule has 0 aliphatic rings. The van der Waals surface area contributed by atoms with Gasteiger partial charge in [0.2, 0.25) is 0 Å². The molecule has 31 heavy (non-hydrogen) atoms. The highest BCUT2D eigenvalue weighted by molar-refractivity contribution is 7.21. The van der Waals surface area contributed by atoms with Crippen LogP contribution in [0.3, 0.4) is 0 Å². The van der Waals surface area contributed by atoms with E-state index in [0.29, 0.717) is 9.90 Å². The summed E-state index contributed by atoms with van der Waals surface area (Å²) in [7, 11) is 1.61. The van der Waals surface area contributed by atoms with Crippen LogP contribution in [0, 0.1) is 20.8 Å². The van der Waals surface area contributed by atoms with Crippen molar-refractivity contribution in [3.8, 4) is 11.4 Å². The molecule has 1 N–H and O–H groups in total. The van der Waals surface area contributed by atoms with E-state index in [0.717, 1.165) is 38.5 Å². The van der Waals surface area contributed by atoms with E-state index in [9.17, 15) is 4.79 Å². The number of halogens is 1. The van der Waals surface area contributed by atoms with Gasteiger partial charge in [0, 0.05) is 32.7 Å². The van der Waals surface area contributed by atoms with Crippen molar-refractivity contribution < 1.29 is 9.53 Å². The monoisotopic (exact) mass is 451 g/mol. The number of ether oxygens (including phenoxy) is 1. The molecule has 2 aromatic heterocycles. The molecule has 1 amide bonds. The Labute approximate surface area is 189 Å². The van der Waals surface area contributed by atoms with E-state index >= 15 is 0 Å². The molecule has 0 saturated heterocycles. The summed E-state index contributed by atoms with van der Waals surface area (Å²) in [5.41, 5.74) is 7.98. The van der Waals surface area contributed by atoms with Gasteiger partial charge in [0.15, 0.2) is 0 Å². The number of nitrogens with one attached hydrogen (secondary N) is 1. The number of hydrogen-bond donors (Lipinski definition) is 1. The first-order valence-electron chi connectivity index (χ1n) is 9.74. The zero-order chi connectivity index (χ0) is 22.1. The van der Waals surface area contributed by atoms with E-state index in [4.69, 9.17) is 16.3 Å². The Balaban J connectivity index is 1.54. The van der Waals surface area contributed by atoms with E-state index in [2.05, 4.69) is 46.3 Å². The first kappa shape index (κ1) is 21.2. The van der Waals surface area contributed by atoms with Gasteiger partial charge in [-0.3, -0.25) is 4.79 Å². The molecule has 0 atom stereocenters. The number of carbonyl (C=O) groups excluding carboxylic acids is 1. The minimum atomic E-state index is -0.339. The van der Waals surface area contributed by atoms with Crippen molar-refractivity contribution >= 4 is 45.1 Å². The molecule has 0 aliphatic heterocycles. The number of aryl methyl sites for hydroxylation is 2. The number of carbonyl (C=O) groups is 1. The maximum atomic E-state index is 12.7. The van der Waals surface area contributed by atoms with Crippen LogP contribution in [0.4, 0.5) is 0 Å². The maximum Gasteiger partial charge on any atom is 0.283 e. The van der Waals surface area contributed by atoms with Crippen LogP contribution in [0.15, 0.2) is 53.6 Å². The molecule has 2 heterocycles. The Morgan fingerprint density at radius 1 is 1.13 bits per heavy atom. The van der Waals surface area contributed by atoms with E-state index in [1.54, 1.807) is 13.3 Å². The molecule has 2 aromatic carbocycles. The van der Waals surface area contributed by atoms with E-state index in [1.807, 2.05) is 38.1 Å². The average Bonchev–Trinajstić information content (AvgIpc) is 3.24. The second kappa shape index (κ2) is 8.57. The number of hydrogen-bond acceptors (Lipinski definition) is 4. The van der Waals surface area contributed by atoms with Gasteiger partial charge in [-0.1, -0.05) is 29.3 Å². The summed E-state index contributed by atoms with van der Waals surface area (Å²) in [4.78, 5) is 13.1. The SMILES string of the molecule is COc1ccc2c(Cl)c(C(=O)N/N=C\c3cc(C)n(-c4ccc(C)cc4)c3C)sc2c1. The number of methoxy groups -OCH3 is 1. The number of hydrazone groups is 1. The minimum Gasteiger partial charge on any atom is -0.497 e. The molecule has 0 spiro atoms. The lowest BCUT2D eigenvalue weighted by Gasteiger charge is -2.09. The van der Waals surface area contributed by atoms with Crippen molar-refractivity contribution in [1.82, 2.24) is 9.99 Å². The topological polar surface area (TPSA) is 55.6 Å². The summed E-state index contributed by atoms with van der Waals surface area (Å²) in [5, 5.41) is 5.42. The third-order valence-corrected chi connectivity index (χ3v) is 6.83. The van der Waals surface area contributed by atoms with E-state index < -0.39 is 0 Å². The molecule has 0 bridgehead atoms. The van der Waals surface area contributed by atoms with Gasteiger partial charge in [0.1, 0.15) is 10.6 Å². The fourth-order valence-corrected chi connectivity index (χ4v) is 4.97. The molecule has 0 radical (unpaired) electrons. The zero-order valence-electron chi connectivity index (χ0n) is 17.7. The Hall–Kier alpha value is -3.09. The van der Waals surface area contributed by atoms with Gasteiger partial charge in [-0.05, 0) is 57.2 Å². The third kappa shape index (κ3) is 4.09. The second-order valence-electron chi connectivity index (χ2n) is 7.30. The van der Waals surface area contributed by atoms with Crippen LogP contribution in [0.25, 0.3) is 15.8 Å². The third-order valence-electron chi connectivity index (χ3n) is 5.18. The highest BCUT2D eigenvalue weighted by atomic mass is 35.5. The summed E-state index contributed by atoms with van der Waals surface area (Å²) in [6.45, 7) is 6.15. The van der Waals surface area contributed by atoms with Crippen LogP contribution in [0.5, 0.6) is 5.75 Å². The lowest BCUT2D eigenvalue weighted by molar-refractivity contribution is 0.0959. The van der Waals surface area contributed by atoms with Crippen molar-refractivity contribution in [3.63, 3.8) is 0 Å². The quantitative estimate of drug-likeness (QED) is 0.297. The molecule has 158 valence electrons. The first-order chi connectivity index (χ1) is 14.9. The summed E-state index contributed by atoms with van der Waals surface area (Å²) in [5.74, 6) is 0.382. The van der Waals surface area contributed by atoms with Gasteiger partial charge < -0.3 is 9.30 Å². The molecule has 4 aromatic rings. The van der Waals surface area contributed by atoms with Gasteiger partial charge in [-0.25, -0.2) is 5.43 Å². The van der Waals surface area contributed by atoms with Crippen LogP contribution in [0.1, 0.15) is 32.2 Å². The fourth-order valence-electron chi connectivity index (χ4n) is 3.54. The number of fused-ring (bicyclic) bond motifs is 1. The van der Waals surface area contributed by atoms with Gasteiger partial charge in [0.25, 0.3) is 5.91 Å². The van der Waals surface area contributed by atoms with Crippen molar-refractivity contribution in [2.24, 2.45) is 5.10 Å². The maximum absolute atomic E-state index is 12.7. The number of thiophene rings is 1. The second-order valence-corrected chi connectivity index (χ2v) is 8.73. The Kier molecular flexibility index (Phi) is 5.85. The molecular weight excluding hydrogens is 430 g/mol. The summed E-state index contributed by atoms with van der Waals surface area (Å²) in [6.07, 6.45) is 1.66. The van der Waals surface area contributed by atoms with Crippen molar-refractivity contribution in [3.05, 3.63) is 80.9 Å². The molecule has 0 aliphatic carbocycles. The van der Waals surface area contributed by atoms with Crippen molar-refractivity contribution in [1.29, 1.82) is 0 Å². The molecule has 7 heteroatoms. The lowest BCUT2D eigenvalue weighted by atomic mass is 10.2. The van der Waals surface area contributed by atoms with Crippen LogP contribution < -0.4 is 10.2 Å². The Bertz CT molecular complexity index is 1300. The number of benzene rings is 2. The summed E-state index contributed by atoms with van der Waals surface area (Å²) < 4.78 is 8.30. The minimum absolute atomic E-state index is 0.339. The van der Waals surface area contributed by atoms with E-state index in [1.165, 1.54) is 16.9 Å². The van der Waals surface area contributed by atoms with Crippen LogP contribution in [-0.4, -0.2) is 23.8 Å². The zero-order valence-corrected chi connectivity index (χ0v) is 19.3. The van der Waals surface area contributed by atoms with Gasteiger partial charge in [-0.2, -0.15) is 5.10 Å². The molecule has 5 nitrogen and oxygen atoms in total. The predicted octanol–water partition coefficient (Wildman–Crippen LogP) is 6.04. The number of nitrogens with zero attached hydrogens (tertiary/aromatic N) is 2. The highest BCUT2D eigenvalue weighted by Crippen LogP contribution is 2.37. The molecule has 4 rings (SSSR count). The number of amides is 1. The number of aromatic nitrogens is 1. The molecular formula is C24H22ClN3O2S. The summed E-state index contributed by atoms with van der Waals surface area (Å²) >= 11 is 7.74. The fraction of sp³-hybridized carbons (Fsp3) is 0.167. The summed E-state index contributed by atoms with van der Waals surface area (Å²) in [6, 6.07) is 16.0. The Morgan fingerprint density at radius 3 is 2.58 bits per heavy atom. The Morgan fingerprint density at radius 2 is 1.87 bits per heavy atom. The van der Waals surface area contributed by atoms with Crippen molar-refractivity contribution in [2.45, 2.75) is 20.8 Å². The predicted molar refractivity (Wildman–Crippen MR) is 128 cm³/mol. The first-order valence-corrected chi connectivity index (χ1v) is 10.9. The van der Waals surface area contributed by atoms with Gasteiger partial charge in [-0.15, -0.1) is 11.3 Å².